The largest absolute Gasteiger partial charge is 0.480 e. The summed E-state index contributed by atoms with van der Waals surface area (Å²) in [6.07, 6.45) is 6.17. The number of hydrogen-bond acceptors (Lipinski definition) is 20. The average Bonchev–Trinajstić information content (AvgIpc) is 1.72. The zero-order chi connectivity index (χ0) is 74.0. The Hall–Kier alpha value is -8.16. The third kappa shape index (κ3) is 33.5. The van der Waals surface area contributed by atoms with E-state index in [2.05, 4.69) is 62.8 Å². The first-order valence-electron chi connectivity index (χ1n) is 33.2. The molecule has 0 bridgehead atoms. The Morgan fingerprint density at radius 1 is 0.554 bits per heavy atom. The number of nitrogens with two attached hydrogens (primary N) is 2. The fraction of sp³-hybridized carbons (Fsp3) is 0.609. The van der Waals surface area contributed by atoms with E-state index >= 15 is 0 Å². The molecule has 1 fully saturated rings. The van der Waals surface area contributed by atoms with Crippen LogP contribution in [0.2, 0.25) is 0 Å². The van der Waals surface area contributed by atoms with E-state index in [9.17, 15) is 82.4 Å². The number of carboxylic acids is 3. The van der Waals surface area contributed by atoms with Crippen molar-refractivity contribution in [1.82, 2.24) is 82.4 Å². The molecule has 0 spiro atoms. The molecule has 35 nitrogen and oxygen atoms in total. The van der Waals surface area contributed by atoms with Gasteiger partial charge in [0.25, 0.3) is 0 Å². The average molecular weight is 1520 g/mol. The maximum Gasteiger partial charge on any atom is 0.317 e. The van der Waals surface area contributed by atoms with Gasteiger partial charge in [0.05, 0.1) is 39.1 Å². The molecule has 1 aromatic carbocycles. The van der Waals surface area contributed by atoms with Crippen LogP contribution in [0, 0.1) is 11.8 Å². The minimum Gasteiger partial charge on any atom is -0.480 e. The Bertz CT molecular complexity index is 3220. The minimum atomic E-state index is -1.42. The fourth-order valence-corrected chi connectivity index (χ4v) is 11.3. The summed E-state index contributed by atoms with van der Waals surface area (Å²) in [5.74, 6) is -11.6. The van der Waals surface area contributed by atoms with Crippen LogP contribution in [0.4, 0.5) is 0 Å². The van der Waals surface area contributed by atoms with Crippen LogP contribution < -0.4 is 59.3 Å². The molecule has 11 amide bonds. The number of fused-ring (bicyclic) bond motifs is 1. The monoisotopic (exact) mass is 1510 g/mol. The quantitative estimate of drug-likeness (QED) is 0.0242. The number of H-pyrrole nitrogens is 2. The van der Waals surface area contributed by atoms with Crippen LogP contribution in [0.25, 0.3) is 10.9 Å². The van der Waals surface area contributed by atoms with E-state index < -0.39 is 138 Å². The van der Waals surface area contributed by atoms with E-state index in [1.54, 1.807) is 63.9 Å². The van der Waals surface area contributed by atoms with Crippen molar-refractivity contribution in [3.05, 3.63) is 54.2 Å². The number of thioether (sulfide) groups is 1. The van der Waals surface area contributed by atoms with Gasteiger partial charge in [0.15, 0.2) is 0 Å². The summed E-state index contributed by atoms with van der Waals surface area (Å²) in [7, 11) is 0. The van der Waals surface area contributed by atoms with Gasteiger partial charge in [0.2, 0.25) is 65.0 Å². The van der Waals surface area contributed by atoms with E-state index in [1.165, 1.54) is 31.2 Å². The Labute approximate surface area is 615 Å². The molecule has 2 aromatic heterocycles. The first-order chi connectivity index (χ1) is 47.4. The van der Waals surface area contributed by atoms with Gasteiger partial charge in [-0.05, 0) is 74.5 Å². The molecular weight excluding hydrogens is 1410 g/mol. The molecule has 18 N–H and O–H groups in total. The summed E-state index contributed by atoms with van der Waals surface area (Å²) in [4.78, 5) is 200. The van der Waals surface area contributed by atoms with Crippen molar-refractivity contribution in [3.63, 3.8) is 0 Å². The molecular formula is C64H100N18O17SY. The molecule has 3 aromatic rings. The first-order valence-corrected chi connectivity index (χ1v) is 34.6. The molecule has 37 heteroatoms. The van der Waals surface area contributed by atoms with Crippen molar-refractivity contribution in [2.24, 2.45) is 23.3 Å². The van der Waals surface area contributed by atoms with Gasteiger partial charge in [-0.25, -0.2) is 4.98 Å². The molecule has 4 rings (SSSR count). The van der Waals surface area contributed by atoms with E-state index in [1.807, 2.05) is 20.1 Å². The number of aromatic amines is 2. The smallest absolute Gasteiger partial charge is 0.317 e. The number of imidazole rings is 1. The molecule has 1 aliphatic heterocycles. The zero-order valence-electron chi connectivity index (χ0n) is 58.1. The first kappa shape index (κ1) is 87.1. The van der Waals surface area contributed by atoms with Crippen molar-refractivity contribution >= 4 is 106 Å². The number of para-hydroxylation sites is 1. The van der Waals surface area contributed by atoms with E-state index in [-0.39, 0.29) is 175 Å². The normalized spacial score (nSPS) is 15.6. The number of amides is 11. The van der Waals surface area contributed by atoms with Crippen LogP contribution in [0.15, 0.2) is 43.0 Å². The van der Waals surface area contributed by atoms with Crippen LogP contribution in [-0.4, -0.2) is 279 Å². The summed E-state index contributed by atoms with van der Waals surface area (Å²) >= 11 is 1.45. The molecule has 0 unspecified atom stereocenters. The zero-order valence-corrected chi connectivity index (χ0v) is 61.8. The fourth-order valence-electron chi connectivity index (χ4n) is 10.8. The molecule has 557 valence electrons. The SMILES string of the molecule is CSCC[C@H](NC(=O)[C@H](CC(C)C)NC(=O)[C@H](Cc1cnc[nH]1)NC(=O)CNC(=O)[C@@H](NC(=O)[C@H](C)NC(=O)[C@H](Cc1c[nH]c2ccccc12)NC(=O)[C@H](CCC(N)=O)NC(=O)CCCCNC(=O)CN1CCN(CC(=O)O)CCN(CC(=O)O)CCN(CC(=O)O)CC1)C(C)C)C(N)=O.[90Y]. The third-order valence-electron chi connectivity index (χ3n) is 16.3. The summed E-state index contributed by atoms with van der Waals surface area (Å²) in [5, 5.41) is 53.0. The molecule has 0 saturated carbocycles. The second-order valence-corrected chi connectivity index (χ2v) is 26.3. The van der Waals surface area contributed by atoms with Gasteiger partial charge in [-0.3, -0.25) is 86.7 Å². The number of carboxylic acid groups (broad SMARTS) is 3. The van der Waals surface area contributed by atoms with Crippen LogP contribution in [-0.2, 0) is 113 Å². The number of unbranched alkanes of at least 4 members (excludes halogenated alkanes) is 1. The number of primary amides is 2. The maximum absolute atomic E-state index is 14.4. The Morgan fingerprint density at radius 3 is 1.61 bits per heavy atom. The number of rotatable bonds is 42. The van der Waals surface area contributed by atoms with Gasteiger partial charge < -0.3 is 84.6 Å². The molecule has 1 aliphatic rings. The van der Waals surface area contributed by atoms with Gasteiger partial charge in [-0.15, -0.1) is 0 Å². The molecule has 1 radical (unpaired) electrons. The molecule has 7 atom stereocenters. The molecule has 3 heterocycles. The predicted molar refractivity (Wildman–Crippen MR) is 367 cm³/mol. The number of nitrogens with one attached hydrogen (secondary N) is 11. The standard InChI is InChI=1S/C64H100N18O17S.Y/c1-38(2)27-47(62(97)75-45(58(66)93)16-26-100-6)76-63(98)49(29-42-31-67-37-71-42)74-52(85)32-70-64(99)57(39(3)4)78-59(94)40(5)72-61(96)48(28-41-30-69-44-12-8-7-11-43(41)44)77-60(95)46(14-15-50(65)83)73-51(84)13-9-10-17-68-53(86)33-79-18-20-80(34-54(87)88)22-24-82(36-56(91)92)25-23-81(21-19-79)35-55(89)90;/h7-8,11-12,30-31,37-40,45-49,57,69H,9-10,13-29,32-36H2,1-6H3,(H2,65,83)(H2,66,93)(H,67,71)(H,68,86)(H,70,99)(H,72,96)(H,73,84)(H,74,85)(H,75,97)(H,76,98)(H,77,95)(H,78,94)(H,87,88)(H,89,90)(H,91,92);/t40-,45-,46-,47-,48-,49-,57-;/m0./s1/i;1+1. The Kier molecular flexibility index (Phi) is 39.4. The van der Waals surface area contributed by atoms with Crippen molar-refractivity contribution in [2.75, 3.05) is 104 Å². The van der Waals surface area contributed by atoms with Gasteiger partial charge in [-0.2, -0.15) is 11.8 Å². The Morgan fingerprint density at radius 2 is 1.08 bits per heavy atom. The third-order valence-corrected chi connectivity index (χ3v) is 16.9. The number of benzene rings is 1. The van der Waals surface area contributed by atoms with Crippen LogP contribution in [0.1, 0.15) is 90.8 Å². The van der Waals surface area contributed by atoms with Crippen molar-refractivity contribution < 1.29 is 115 Å². The second kappa shape index (κ2) is 45.7. The van der Waals surface area contributed by atoms with Crippen LogP contribution in [0.5, 0.6) is 0 Å². The molecule has 101 heavy (non-hydrogen) atoms. The van der Waals surface area contributed by atoms with Gasteiger partial charge in [-0.1, -0.05) is 45.9 Å². The molecule has 0 aliphatic carbocycles. The second-order valence-electron chi connectivity index (χ2n) is 25.4. The van der Waals surface area contributed by atoms with Crippen LogP contribution >= 0.6 is 11.8 Å². The summed E-state index contributed by atoms with van der Waals surface area (Å²) in [6, 6.07) is -1.76. The molecule has 1 saturated heterocycles. The summed E-state index contributed by atoms with van der Waals surface area (Å²) in [6.45, 7) is 8.25. The number of aromatic nitrogens is 3. The summed E-state index contributed by atoms with van der Waals surface area (Å²) in [5.41, 5.74) is 12.8. The minimum absolute atomic E-state index is 0. The van der Waals surface area contributed by atoms with Gasteiger partial charge in [0, 0.05) is 146 Å². The number of carbonyl (C=O) groups is 14. The topological polar surface area (TPSA) is 517 Å². The van der Waals surface area contributed by atoms with Gasteiger partial charge >= 0.3 is 17.9 Å². The predicted octanol–water partition coefficient (Wildman–Crippen LogP) is -3.83. The number of nitrogens with zero attached hydrogens (tertiary/aromatic N) is 5. The van der Waals surface area contributed by atoms with Crippen molar-refractivity contribution in [2.45, 2.75) is 135 Å². The van der Waals surface area contributed by atoms with E-state index in [0.29, 0.717) is 34.3 Å². The Balaban J connectivity index is 0.0000265. The number of hydrogen-bond donors (Lipinski definition) is 16. The summed E-state index contributed by atoms with van der Waals surface area (Å²) < 4.78 is 0. The van der Waals surface area contributed by atoms with Crippen LogP contribution in [0.3, 0.4) is 0 Å². The van der Waals surface area contributed by atoms with E-state index in [0.717, 1.165) is 0 Å². The number of aliphatic carboxylic acids is 3. The van der Waals surface area contributed by atoms with Gasteiger partial charge in [0.1, 0.15) is 42.3 Å². The van der Waals surface area contributed by atoms with Crippen molar-refractivity contribution in [1.29, 1.82) is 0 Å². The maximum atomic E-state index is 14.4. The number of carbonyl (C=O) groups excluding carboxylic acids is 11. The van der Waals surface area contributed by atoms with E-state index in [4.69, 9.17) is 11.5 Å². The van der Waals surface area contributed by atoms with Crippen molar-refractivity contribution in [3.8, 4) is 0 Å².